The lowest BCUT2D eigenvalue weighted by molar-refractivity contribution is -0.901. The molecular weight excluding hydrogens is 685 g/mol. The van der Waals surface area contributed by atoms with Crippen LogP contribution in [0.1, 0.15) is 273 Å². The Morgan fingerprint density at radius 2 is 0.370 bits per heavy atom. The van der Waals surface area contributed by atoms with Crippen LogP contribution < -0.4 is 9.80 Å². The predicted octanol–water partition coefficient (Wildman–Crippen LogP) is 12.9. The number of hydrogen-bond acceptors (Lipinski definition) is 3. The SMILES string of the molecule is CCCCCCCC[NH+](CCCCCCCC)CCCCCCCC.CCCCCCCC[NH+](CCCCCCCC)CCCCCCCC.O=S([O-])[O-]. The first kappa shape index (κ1) is 58.3. The highest BCUT2D eigenvalue weighted by Gasteiger charge is 2.09. The van der Waals surface area contributed by atoms with Crippen LogP contribution in [0.3, 0.4) is 0 Å². The van der Waals surface area contributed by atoms with Crippen molar-refractivity contribution in [3.63, 3.8) is 0 Å². The average Bonchev–Trinajstić information content (AvgIpc) is 3.16. The van der Waals surface area contributed by atoms with Gasteiger partial charge < -0.3 is 18.9 Å². The van der Waals surface area contributed by atoms with E-state index in [2.05, 4.69) is 41.5 Å². The summed E-state index contributed by atoms with van der Waals surface area (Å²) in [5.74, 6) is 0. The van der Waals surface area contributed by atoms with E-state index < -0.39 is 11.4 Å². The van der Waals surface area contributed by atoms with Gasteiger partial charge in [0.05, 0.1) is 39.3 Å². The maximum atomic E-state index is 8.44. The van der Waals surface area contributed by atoms with Gasteiger partial charge in [-0.2, -0.15) is 0 Å². The maximum Gasteiger partial charge on any atom is 0.0770 e. The fourth-order valence-corrected chi connectivity index (χ4v) is 7.68. The molecule has 5 nitrogen and oxygen atoms in total. The average molecular weight is 789 g/mol. The van der Waals surface area contributed by atoms with E-state index in [-0.39, 0.29) is 0 Å². The summed E-state index contributed by atoms with van der Waals surface area (Å²) in [6.45, 7) is 22.5. The van der Waals surface area contributed by atoms with Crippen molar-refractivity contribution in [1.29, 1.82) is 0 Å². The van der Waals surface area contributed by atoms with E-state index in [4.69, 9.17) is 13.3 Å². The van der Waals surface area contributed by atoms with Crippen LogP contribution in [-0.4, -0.2) is 52.6 Å². The van der Waals surface area contributed by atoms with Crippen LogP contribution in [0.15, 0.2) is 0 Å². The Morgan fingerprint density at radius 1 is 0.259 bits per heavy atom. The largest absolute Gasteiger partial charge is 0.784 e. The first-order chi connectivity index (χ1) is 26.4. The summed E-state index contributed by atoms with van der Waals surface area (Å²) < 4.78 is 25.3. The molecule has 0 bridgehead atoms. The molecule has 0 unspecified atom stereocenters. The smallest absolute Gasteiger partial charge is 0.0770 e. The first-order valence-electron chi connectivity index (χ1n) is 24.9. The molecule has 0 rings (SSSR count). The van der Waals surface area contributed by atoms with Gasteiger partial charge in [0.1, 0.15) is 0 Å². The summed E-state index contributed by atoms with van der Waals surface area (Å²) in [5.41, 5.74) is 0. The standard InChI is InChI=1S/2C24H51N.H2O3S/c2*1-4-7-10-13-16-19-22-25(23-20-17-14-11-8-5-2)24-21-18-15-12-9-6-3;1-4(2)3/h2*4-24H2,1-3H3;(H2,1,2,3). The van der Waals surface area contributed by atoms with E-state index in [0.29, 0.717) is 0 Å². The van der Waals surface area contributed by atoms with E-state index in [1.54, 1.807) is 0 Å². The van der Waals surface area contributed by atoms with E-state index in [9.17, 15) is 0 Å². The van der Waals surface area contributed by atoms with Crippen LogP contribution in [0.2, 0.25) is 0 Å². The molecule has 0 atom stereocenters. The second kappa shape index (κ2) is 55.1. The summed E-state index contributed by atoms with van der Waals surface area (Å²) >= 11 is -3.11. The second-order valence-electron chi connectivity index (χ2n) is 16.8. The molecule has 0 aliphatic carbocycles. The Labute approximate surface area is 345 Å². The van der Waals surface area contributed by atoms with Crippen LogP contribution in [0.25, 0.3) is 0 Å². The van der Waals surface area contributed by atoms with Crippen molar-refractivity contribution in [3.8, 4) is 0 Å². The van der Waals surface area contributed by atoms with Crippen LogP contribution in [0.4, 0.5) is 0 Å². The van der Waals surface area contributed by atoms with Gasteiger partial charge in [-0.05, 0) is 77.0 Å². The van der Waals surface area contributed by atoms with Gasteiger partial charge in [-0.3, -0.25) is 4.21 Å². The number of hydrogen-bond donors (Lipinski definition) is 2. The zero-order valence-corrected chi connectivity index (χ0v) is 39.1. The number of quaternary nitrogens is 2. The Morgan fingerprint density at radius 3 is 0.500 bits per heavy atom. The highest BCUT2D eigenvalue weighted by molar-refractivity contribution is 7.72. The quantitative estimate of drug-likeness (QED) is 0.0478. The van der Waals surface area contributed by atoms with Crippen LogP contribution in [0.5, 0.6) is 0 Å². The molecule has 0 saturated carbocycles. The molecular formula is C48H104N2O3S. The molecule has 0 heterocycles. The van der Waals surface area contributed by atoms with Gasteiger partial charge in [0.15, 0.2) is 0 Å². The molecule has 54 heavy (non-hydrogen) atoms. The summed E-state index contributed by atoms with van der Waals surface area (Å²) in [7, 11) is 0. The molecule has 0 aromatic carbocycles. The van der Waals surface area contributed by atoms with E-state index in [0.717, 1.165) is 0 Å². The lowest BCUT2D eigenvalue weighted by Crippen LogP contribution is -3.12. The normalized spacial score (nSPS) is 11.3. The van der Waals surface area contributed by atoms with Crippen molar-refractivity contribution in [2.24, 2.45) is 0 Å². The van der Waals surface area contributed by atoms with Crippen LogP contribution in [-0.2, 0) is 11.4 Å². The number of rotatable bonds is 42. The summed E-state index contributed by atoms with van der Waals surface area (Å²) in [4.78, 5) is 3.84. The van der Waals surface area contributed by atoms with Gasteiger partial charge in [-0.1, -0.05) is 196 Å². The molecule has 0 aliphatic rings. The maximum absolute atomic E-state index is 8.44. The Hall–Kier alpha value is -0.0100. The molecule has 330 valence electrons. The summed E-state index contributed by atoms with van der Waals surface area (Å²) in [5, 5.41) is 0. The molecule has 0 aromatic heterocycles. The highest BCUT2D eigenvalue weighted by Crippen LogP contribution is 2.08. The van der Waals surface area contributed by atoms with Gasteiger partial charge in [-0.15, -0.1) is 11.4 Å². The Bertz CT molecular complexity index is 525. The van der Waals surface area contributed by atoms with Gasteiger partial charge in [0.25, 0.3) is 0 Å². The third-order valence-corrected chi connectivity index (χ3v) is 11.3. The van der Waals surface area contributed by atoms with Crippen molar-refractivity contribution < 1.29 is 23.1 Å². The predicted molar refractivity (Wildman–Crippen MR) is 241 cm³/mol. The Kier molecular flexibility index (Phi) is 59.5. The number of nitrogens with one attached hydrogen (secondary N) is 2. The zero-order chi connectivity index (χ0) is 40.4. The molecule has 0 aromatic rings. The van der Waals surface area contributed by atoms with Crippen molar-refractivity contribution in [1.82, 2.24) is 0 Å². The van der Waals surface area contributed by atoms with Gasteiger partial charge in [-0.25, -0.2) is 0 Å². The molecule has 0 amide bonds. The third-order valence-electron chi connectivity index (χ3n) is 11.3. The van der Waals surface area contributed by atoms with E-state index >= 15 is 0 Å². The molecule has 0 saturated heterocycles. The highest BCUT2D eigenvalue weighted by atomic mass is 32.2. The summed E-state index contributed by atoms with van der Waals surface area (Å²) in [6, 6.07) is 0. The fraction of sp³-hybridized carbons (Fsp3) is 1.00. The van der Waals surface area contributed by atoms with Gasteiger partial charge >= 0.3 is 0 Å². The molecule has 0 aliphatic heterocycles. The van der Waals surface area contributed by atoms with Crippen LogP contribution >= 0.6 is 0 Å². The molecule has 0 fully saturated rings. The van der Waals surface area contributed by atoms with Crippen molar-refractivity contribution in [2.75, 3.05) is 39.3 Å². The van der Waals surface area contributed by atoms with Crippen LogP contribution in [0, 0.1) is 0 Å². The molecule has 0 radical (unpaired) electrons. The lowest BCUT2D eigenvalue weighted by Gasteiger charge is -2.20. The number of unbranched alkanes of at least 4 members (excludes halogenated alkanes) is 30. The second-order valence-corrected chi connectivity index (χ2v) is 17.2. The molecule has 0 spiro atoms. The van der Waals surface area contributed by atoms with Crippen molar-refractivity contribution in [3.05, 3.63) is 0 Å². The minimum Gasteiger partial charge on any atom is -0.784 e. The molecule has 6 heteroatoms. The van der Waals surface area contributed by atoms with Gasteiger partial charge in [0, 0.05) is 0 Å². The fourth-order valence-electron chi connectivity index (χ4n) is 7.68. The monoisotopic (exact) mass is 789 g/mol. The zero-order valence-electron chi connectivity index (χ0n) is 38.3. The van der Waals surface area contributed by atoms with E-state index in [1.807, 2.05) is 9.80 Å². The third kappa shape index (κ3) is 58.7. The summed E-state index contributed by atoms with van der Waals surface area (Å²) in [6.07, 6.45) is 52.0. The lowest BCUT2D eigenvalue weighted by atomic mass is 10.1. The van der Waals surface area contributed by atoms with E-state index in [1.165, 1.54) is 270 Å². The first-order valence-corrected chi connectivity index (χ1v) is 25.9. The minimum absolute atomic E-state index is 1.37. The minimum atomic E-state index is -3.11. The Balaban J connectivity index is -0.000000875. The van der Waals surface area contributed by atoms with Crippen molar-refractivity contribution in [2.45, 2.75) is 273 Å². The topological polar surface area (TPSA) is 72.1 Å². The van der Waals surface area contributed by atoms with Gasteiger partial charge in [0.2, 0.25) is 0 Å². The molecule has 2 N–H and O–H groups in total. The van der Waals surface area contributed by atoms with Crippen molar-refractivity contribution >= 4 is 11.4 Å².